The van der Waals surface area contributed by atoms with Crippen molar-refractivity contribution in [3.8, 4) is 0 Å². The van der Waals surface area contributed by atoms with Gasteiger partial charge in [-0.05, 0) is 41.7 Å². The Bertz CT molecular complexity index is 634. The van der Waals surface area contributed by atoms with E-state index in [-0.39, 0.29) is 5.91 Å². The quantitative estimate of drug-likeness (QED) is 0.919. The van der Waals surface area contributed by atoms with E-state index in [4.69, 9.17) is 5.73 Å². The van der Waals surface area contributed by atoms with Gasteiger partial charge in [-0.3, -0.25) is 4.79 Å². The second-order valence-electron chi connectivity index (χ2n) is 5.50. The van der Waals surface area contributed by atoms with Crippen LogP contribution in [0.5, 0.6) is 0 Å². The van der Waals surface area contributed by atoms with Gasteiger partial charge in [-0.25, -0.2) is 0 Å². The van der Waals surface area contributed by atoms with Crippen molar-refractivity contribution in [2.24, 2.45) is 5.73 Å². The molecule has 21 heavy (non-hydrogen) atoms. The molecule has 0 saturated carbocycles. The van der Waals surface area contributed by atoms with Crippen LogP contribution in [0.3, 0.4) is 0 Å². The van der Waals surface area contributed by atoms with Crippen molar-refractivity contribution in [2.45, 2.75) is 25.9 Å². The van der Waals surface area contributed by atoms with E-state index in [0.717, 1.165) is 30.5 Å². The van der Waals surface area contributed by atoms with Crippen LogP contribution in [0.25, 0.3) is 0 Å². The minimum absolute atomic E-state index is 0.107. The third kappa shape index (κ3) is 2.98. The summed E-state index contributed by atoms with van der Waals surface area (Å²) in [7, 11) is 0. The molecule has 108 valence electrons. The number of nitrogens with two attached hydrogens (primary N) is 1. The van der Waals surface area contributed by atoms with Gasteiger partial charge in [0, 0.05) is 25.2 Å². The molecule has 1 aliphatic rings. The van der Waals surface area contributed by atoms with Crippen molar-refractivity contribution in [1.82, 2.24) is 4.90 Å². The third-order valence-electron chi connectivity index (χ3n) is 4.08. The SMILES string of the molecule is NCc1ccc(C(=O)N2CCCc3ccccc3C2)cc1. The predicted octanol–water partition coefficient (Wildman–Crippen LogP) is 2.73. The molecule has 2 N–H and O–H groups in total. The second kappa shape index (κ2) is 6.10. The molecule has 1 amide bonds. The van der Waals surface area contributed by atoms with Gasteiger partial charge < -0.3 is 10.6 Å². The highest BCUT2D eigenvalue weighted by molar-refractivity contribution is 5.94. The summed E-state index contributed by atoms with van der Waals surface area (Å²) >= 11 is 0. The van der Waals surface area contributed by atoms with Crippen LogP contribution in [0.2, 0.25) is 0 Å². The lowest BCUT2D eigenvalue weighted by molar-refractivity contribution is 0.0746. The second-order valence-corrected chi connectivity index (χ2v) is 5.50. The topological polar surface area (TPSA) is 46.3 Å². The van der Waals surface area contributed by atoms with Crippen LogP contribution in [0.15, 0.2) is 48.5 Å². The number of amides is 1. The Balaban J connectivity index is 1.81. The summed E-state index contributed by atoms with van der Waals surface area (Å²) in [5.41, 5.74) is 10.0. The lowest BCUT2D eigenvalue weighted by Crippen LogP contribution is -2.30. The Kier molecular flexibility index (Phi) is 4.02. The van der Waals surface area contributed by atoms with E-state index in [1.54, 1.807) is 0 Å². The lowest BCUT2D eigenvalue weighted by atomic mass is 10.0. The average molecular weight is 280 g/mol. The first-order chi connectivity index (χ1) is 10.3. The Morgan fingerprint density at radius 2 is 1.76 bits per heavy atom. The van der Waals surface area contributed by atoms with E-state index >= 15 is 0 Å². The smallest absolute Gasteiger partial charge is 0.254 e. The van der Waals surface area contributed by atoms with Gasteiger partial charge in [0.05, 0.1) is 0 Å². The van der Waals surface area contributed by atoms with Crippen LogP contribution in [0, 0.1) is 0 Å². The predicted molar refractivity (Wildman–Crippen MR) is 83.8 cm³/mol. The molecule has 3 rings (SSSR count). The van der Waals surface area contributed by atoms with E-state index < -0.39 is 0 Å². The van der Waals surface area contributed by atoms with Crippen LogP contribution >= 0.6 is 0 Å². The van der Waals surface area contributed by atoms with Crippen LogP contribution in [0.1, 0.15) is 33.5 Å². The molecule has 0 spiro atoms. The maximum absolute atomic E-state index is 12.7. The van der Waals surface area contributed by atoms with Crippen LogP contribution < -0.4 is 5.73 Å². The highest BCUT2D eigenvalue weighted by Crippen LogP contribution is 2.20. The highest BCUT2D eigenvalue weighted by atomic mass is 16.2. The molecule has 0 radical (unpaired) electrons. The zero-order valence-corrected chi connectivity index (χ0v) is 12.1. The first-order valence-electron chi connectivity index (χ1n) is 7.43. The molecular formula is C18H20N2O. The Labute approximate surface area is 125 Å². The van der Waals surface area contributed by atoms with Gasteiger partial charge in [0.1, 0.15) is 0 Å². The molecule has 1 heterocycles. The highest BCUT2D eigenvalue weighted by Gasteiger charge is 2.19. The molecule has 0 atom stereocenters. The standard InChI is InChI=1S/C18H20N2O/c19-12-14-7-9-16(10-8-14)18(21)20-11-3-6-15-4-1-2-5-17(15)13-20/h1-2,4-5,7-10H,3,6,11-13,19H2. The molecular weight excluding hydrogens is 260 g/mol. The summed E-state index contributed by atoms with van der Waals surface area (Å²) in [6.45, 7) is 2.02. The minimum atomic E-state index is 0.107. The number of fused-ring (bicyclic) bond motifs is 1. The molecule has 0 fully saturated rings. The van der Waals surface area contributed by atoms with E-state index in [1.807, 2.05) is 35.2 Å². The average Bonchev–Trinajstić information content (AvgIpc) is 2.76. The monoisotopic (exact) mass is 280 g/mol. The minimum Gasteiger partial charge on any atom is -0.334 e. The summed E-state index contributed by atoms with van der Waals surface area (Å²) in [6, 6.07) is 16.0. The third-order valence-corrected chi connectivity index (χ3v) is 4.08. The number of aryl methyl sites for hydroxylation is 1. The van der Waals surface area contributed by atoms with E-state index in [2.05, 4.69) is 18.2 Å². The number of carbonyl (C=O) groups excluding carboxylic acids is 1. The summed E-state index contributed by atoms with van der Waals surface area (Å²) in [4.78, 5) is 14.6. The molecule has 0 unspecified atom stereocenters. The van der Waals surface area contributed by atoms with Gasteiger partial charge in [-0.1, -0.05) is 36.4 Å². The summed E-state index contributed by atoms with van der Waals surface area (Å²) in [6.07, 6.45) is 2.07. The van der Waals surface area contributed by atoms with E-state index in [0.29, 0.717) is 13.1 Å². The normalized spacial score (nSPS) is 14.4. The number of rotatable bonds is 2. The molecule has 3 heteroatoms. The van der Waals surface area contributed by atoms with Crippen molar-refractivity contribution in [2.75, 3.05) is 6.54 Å². The maximum atomic E-state index is 12.7. The molecule has 0 bridgehead atoms. The number of hydrogen-bond acceptors (Lipinski definition) is 2. The van der Waals surface area contributed by atoms with E-state index in [1.165, 1.54) is 11.1 Å². The number of benzene rings is 2. The number of carbonyl (C=O) groups is 1. The molecule has 0 aliphatic carbocycles. The van der Waals surface area contributed by atoms with Gasteiger partial charge in [0.25, 0.3) is 5.91 Å². The van der Waals surface area contributed by atoms with Gasteiger partial charge >= 0.3 is 0 Å². The van der Waals surface area contributed by atoms with Crippen molar-refractivity contribution >= 4 is 5.91 Å². The fourth-order valence-corrected chi connectivity index (χ4v) is 2.84. The zero-order valence-electron chi connectivity index (χ0n) is 12.1. The number of nitrogens with zero attached hydrogens (tertiary/aromatic N) is 1. The zero-order chi connectivity index (χ0) is 14.7. The molecule has 0 aromatic heterocycles. The van der Waals surface area contributed by atoms with Gasteiger partial charge in [-0.15, -0.1) is 0 Å². The summed E-state index contributed by atoms with van der Waals surface area (Å²) < 4.78 is 0. The van der Waals surface area contributed by atoms with Gasteiger partial charge in [0.15, 0.2) is 0 Å². The largest absolute Gasteiger partial charge is 0.334 e. The van der Waals surface area contributed by atoms with E-state index in [9.17, 15) is 4.79 Å². The molecule has 0 saturated heterocycles. The van der Waals surface area contributed by atoms with Crippen LogP contribution in [0.4, 0.5) is 0 Å². The Hall–Kier alpha value is -2.13. The van der Waals surface area contributed by atoms with Crippen LogP contribution in [-0.4, -0.2) is 17.4 Å². The van der Waals surface area contributed by atoms with Crippen molar-refractivity contribution in [3.63, 3.8) is 0 Å². The molecule has 1 aliphatic heterocycles. The Morgan fingerprint density at radius 1 is 1.05 bits per heavy atom. The lowest BCUT2D eigenvalue weighted by Gasteiger charge is -2.21. The number of hydrogen-bond donors (Lipinski definition) is 1. The molecule has 3 nitrogen and oxygen atoms in total. The fourth-order valence-electron chi connectivity index (χ4n) is 2.84. The maximum Gasteiger partial charge on any atom is 0.254 e. The van der Waals surface area contributed by atoms with Crippen molar-refractivity contribution in [1.29, 1.82) is 0 Å². The van der Waals surface area contributed by atoms with Gasteiger partial charge in [-0.2, -0.15) is 0 Å². The first-order valence-corrected chi connectivity index (χ1v) is 7.43. The molecule has 2 aromatic carbocycles. The fraction of sp³-hybridized carbons (Fsp3) is 0.278. The Morgan fingerprint density at radius 3 is 2.48 bits per heavy atom. The summed E-state index contributed by atoms with van der Waals surface area (Å²) in [5.74, 6) is 0.107. The van der Waals surface area contributed by atoms with Crippen molar-refractivity contribution < 1.29 is 4.79 Å². The van der Waals surface area contributed by atoms with Crippen LogP contribution in [-0.2, 0) is 19.5 Å². The first kappa shape index (κ1) is 13.8. The molecule has 2 aromatic rings. The van der Waals surface area contributed by atoms with Crippen molar-refractivity contribution in [3.05, 3.63) is 70.8 Å². The summed E-state index contributed by atoms with van der Waals surface area (Å²) in [5, 5.41) is 0. The van der Waals surface area contributed by atoms with Gasteiger partial charge in [0.2, 0.25) is 0 Å².